The second-order valence-corrected chi connectivity index (χ2v) is 4.94. The summed E-state index contributed by atoms with van der Waals surface area (Å²) < 4.78 is 11.0. The van der Waals surface area contributed by atoms with Gasteiger partial charge in [0.2, 0.25) is 0 Å². The lowest BCUT2D eigenvalue weighted by Gasteiger charge is -2.17. The van der Waals surface area contributed by atoms with E-state index in [0.29, 0.717) is 0 Å². The highest BCUT2D eigenvalue weighted by atomic mass is 16.5. The molecule has 0 N–H and O–H groups in total. The van der Waals surface area contributed by atoms with Gasteiger partial charge in [-0.05, 0) is 44.6 Å². The molecule has 0 unspecified atom stereocenters. The Hall–Kier alpha value is -1.22. The van der Waals surface area contributed by atoms with E-state index in [2.05, 4.69) is 18.7 Å². The fourth-order valence-electron chi connectivity index (χ4n) is 2.25. The highest BCUT2D eigenvalue weighted by Gasteiger charge is 2.02. The fourth-order valence-corrected chi connectivity index (χ4v) is 2.25. The minimum atomic E-state index is 0.769. The van der Waals surface area contributed by atoms with Crippen molar-refractivity contribution in [1.82, 2.24) is 4.90 Å². The molecule has 0 atom stereocenters. The molecule has 1 aromatic carbocycles. The summed E-state index contributed by atoms with van der Waals surface area (Å²) in [5, 5.41) is 0. The Morgan fingerprint density at radius 3 is 2.20 bits per heavy atom. The van der Waals surface area contributed by atoms with Crippen LogP contribution >= 0.6 is 0 Å². The van der Waals surface area contributed by atoms with E-state index in [1.165, 1.54) is 25.8 Å². The number of methoxy groups -OCH3 is 1. The Bertz CT molecular complexity index is 351. The summed E-state index contributed by atoms with van der Waals surface area (Å²) in [6.45, 7) is 8.77. The molecule has 0 aliphatic heterocycles. The largest absolute Gasteiger partial charge is 0.493 e. The van der Waals surface area contributed by atoms with Crippen molar-refractivity contribution in [2.24, 2.45) is 0 Å². The quantitative estimate of drug-likeness (QED) is 0.572. The van der Waals surface area contributed by atoms with Crippen LogP contribution in [0.3, 0.4) is 0 Å². The molecule has 114 valence electrons. The topological polar surface area (TPSA) is 21.7 Å². The van der Waals surface area contributed by atoms with Crippen LogP contribution in [0.2, 0.25) is 0 Å². The average Bonchev–Trinajstić information content (AvgIpc) is 2.50. The molecule has 20 heavy (non-hydrogen) atoms. The van der Waals surface area contributed by atoms with Crippen LogP contribution in [0.15, 0.2) is 24.3 Å². The first-order chi connectivity index (χ1) is 9.81. The van der Waals surface area contributed by atoms with E-state index in [4.69, 9.17) is 9.47 Å². The van der Waals surface area contributed by atoms with Crippen LogP contribution in [0.5, 0.6) is 11.5 Å². The molecular weight excluding hydrogens is 250 g/mol. The first kappa shape index (κ1) is 16.8. The molecule has 3 nitrogen and oxygen atoms in total. The molecule has 1 rings (SSSR count). The Labute approximate surface area is 123 Å². The number of rotatable bonds is 11. The predicted molar refractivity (Wildman–Crippen MR) is 84.7 cm³/mol. The Kier molecular flexibility index (Phi) is 8.88. The summed E-state index contributed by atoms with van der Waals surface area (Å²) in [6.07, 6.45) is 4.91. The van der Waals surface area contributed by atoms with Gasteiger partial charge in [-0.2, -0.15) is 0 Å². The first-order valence-electron chi connectivity index (χ1n) is 7.80. The Morgan fingerprint density at radius 1 is 0.900 bits per heavy atom. The maximum absolute atomic E-state index is 5.76. The van der Waals surface area contributed by atoms with Crippen molar-refractivity contribution >= 4 is 0 Å². The summed E-state index contributed by atoms with van der Waals surface area (Å²) in [5.74, 6) is 1.66. The molecule has 0 aliphatic carbocycles. The van der Waals surface area contributed by atoms with Crippen LogP contribution in [-0.4, -0.2) is 38.3 Å². The standard InChI is InChI=1S/C17H29NO2/c1-4-18(5-2)14-10-6-7-11-15-20-17-13-9-8-12-16(17)19-3/h8-9,12-13H,4-7,10-11,14-15H2,1-3H3. The van der Waals surface area contributed by atoms with Gasteiger partial charge < -0.3 is 14.4 Å². The van der Waals surface area contributed by atoms with Crippen molar-refractivity contribution in [3.05, 3.63) is 24.3 Å². The summed E-state index contributed by atoms with van der Waals surface area (Å²) in [4.78, 5) is 2.48. The molecule has 0 fully saturated rings. The second-order valence-electron chi connectivity index (χ2n) is 4.94. The van der Waals surface area contributed by atoms with Gasteiger partial charge in [0.25, 0.3) is 0 Å². The van der Waals surface area contributed by atoms with Gasteiger partial charge in [-0.3, -0.25) is 0 Å². The SMILES string of the molecule is CCN(CC)CCCCCCOc1ccccc1OC. The van der Waals surface area contributed by atoms with E-state index >= 15 is 0 Å². The lowest BCUT2D eigenvalue weighted by atomic mass is 10.2. The molecular formula is C17H29NO2. The van der Waals surface area contributed by atoms with Gasteiger partial charge in [-0.15, -0.1) is 0 Å². The van der Waals surface area contributed by atoms with Gasteiger partial charge in [0.15, 0.2) is 11.5 Å². The van der Waals surface area contributed by atoms with Crippen LogP contribution < -0.4 is 9.47 Å². The molecule has 0 heterocycles. The second kappa shape index (κ2) is 10.6. The van der Waals surface area contributed by atoms with Crippen molar-refractivity contribution in [3.8, 4) is 11.5 Å². The number of para-hydroxylation sites is 2. The number of hydrogen-bond donors (Lipinski definition) is 0. The third kappa shape index (κ3) is 6.29. The van der Waals surface area contributed by atoms with Crippen molar-refractivity contribution in [2.45, 2.75) is 39.5 Å². The highest BCUT2D eigenvalue weighted by molar-refractivity contribution is 5.39. The number of benzene rings is 1. The van der Waals surface area contributed by atoms with E-state index in [9.17, 15) is 0 Å². The van der Waals surface area contributed by atoms with Crippen LogP contribution in [0, 0.1) is 0 Å². The third-order valence-electron chi connectivity index (χ3n) is 3.59. The van der Waals surface area contributed by atoms with Crippen LogP contribution in [-0.2, 0) is 0 Å². The molecule has 0 aliphatic rings. The van der Waals surface area contributed by atoms with Crippen LogP contribution in [0.1, 0.15) is 39.5 Å². The zero-order valence-corrected chi connectivity index (χ0v) is 13.2. The molecule has 0 bridgehead atoms. The maximum Gasteiger partial charge on any atom is 0.161 e. The third-order valence-corrected chi connectivity index (χ3v) is 3.59. The summed E-state index contributed by atoms with van der Waals surface area (Å²) in [6, 6.07) is 7.82. The Balaban J connectivity index is 2.07. The normalized spacial score (nSPS) is 10.8. The maximum atomic E-state index is 5.76. The first-order valence-corrected chi connectivity index (χ1v) is 7.80. The number of nitrogens with zero attached hydrogens (tertiary/aromatic N) is 1. The highest BCUT2D eigenvalue weighted by Crippen LogP contribution is 2.25. The molecule has 0 aromatic heterocycles. The molecule has 0 radical (unpaired) electrons. The van der Waals surface area contributed by atoms with E-state index in [0.717, 1.165) is 37.6 Å². The van der Waals surface area contributed by atoms with E-state index < -0.39 is 0 Å². The van der Waals surface area contributed by atoms with Gasteiger partial charge >= 0.3 is 0 Å². The smallest absolute Gasteiger partial charge is 0.161 e. The summed E-state index contributed by atoms with van der Waals surface area (Å²) in [5.41, 5.74) is 0. The molecule has 1 aromatic rings. The molecule has 0 saturated carbocycles. The van der Waals surface area contributed by atoms with Gasteiger partial charge in [0.1, 0.15) is 0 Å². The minimum Gasteiger partial charge on any atom is -0.493 e. The van der Waals surface area contributed by atoms with E-state index in [-0.39, 0.29) is 0 Å². The van der Waals surface area contributed by atoms with Gasteiger partial charge in [-0.1, -0.05) is 38.8 Å². The summed E-state index contributed by atoms with van der Waals surface area (Å²) in [7, 11) is 1.68. The van der Waals surface area contributed by atoms with Crippen molar-refractivity contribution in [3.63, 3.8) is 0 Å². The molecule has 0 amide bonds. The van der Waals surface area contributed by atoms with Crippen LogP contribution in [0.4, 0.5) is 0 Å². The van der Waals surface area contributed by atoms with Crippen LogP contribution in [0.25, 0.3) is 0 Å². The molecule has 0 saturated heterocycles. The van der Waals surface area contributed by atoms with Gasteiger partial charge in [0, 0.05) is 0 Å². The van der Waals surface area contributed by atoms with Crippen molar-refractivity contribution < 1.29 is 9.47 Å². The number of unbranched alkanes of at least 4 members (excludes halogenated alkanes) is 3. The minimum absolute atomic E-state index is 0.769. The van der Waals surface area contributed by atoms with Gasteiger partial charge in [-0.25, -0.2) is 0 Å². The average molecular weight is 279 g/mol. The number of ether oxygens (including phenoxy) is 2. The fraction of sp³-hybridized carbons (Fsp3) is 0.647. The monoisotopic (exact) mass is 279 g/mol. The Morgan fingerprint density at radius 2 is 1.55 bits per heavy atom. The summed E-state index contributed by atoms with van der Waals surface area (Å²) >= 11 is 0. The lowest BCUT2D eigenvalue weighted by molar-refractivity contribution is 0.276. The van der Waals surface area contributed by atoms with E-state index in [1.54, 1.807) is 7.11 Å². The molecule has 0 spiro atoms. The predicted octanol–water partition coefficient (Wildman–Crippen LogP) is 3.98. The van der Waals surface area contributed by atoms with Gasteiger partial charge in [0.05, 0.1) is 13.7 Å². The van der Waals surface area contributed by atoms with E-state index in [1.807, 2.05) is 24.3 Å². The number of hydrogen-bond acceptors (Lipinski definition) is 3. The zero-order valence-electron chi connectivity index (χ0n) is 13.2. The zero-order chi connectivity index (χ0) is 14.6. The molecule has 3 heteroatoms. The van der Waals surface area contributed by atoms with Crippen molar-refractivity contribution in [2.75, 3.05) is 33.4 Å². The van der Waals surface area contributed by atoms with Crippen molar-refractivity contribution in [1.29, 1.82) is 0 Å². The lowest BCUT2D eigenvalue weighted by Crippen LogP contribution is -2.23.